The number of amides is 1. The molecule has 1 spiro atoms. The first kappa shape index (κ1) is 23.8. The second kappa shape index (κ2) is 8.64. The summed E-state index contributed by atoms with van der Waals surface area (Å²) in [6, 6.07) is 22.4. The Hall–Kier alpha value is -3.91. The quantitative estimate of drug-likeness (QED) is 0.488. The molecular weight excluding hydrogens is 476 g/mol. The summed E-state index contributed by atoms with van der Waals surface area (Å²) in [4.78, 5) is 28.9. The van der Waals surface area contributed by atoms with Crippen molar-refractivity contribution in [2.45, 2.75) is 30.7 Å². The molecule has 0 saturated carbocycles. The normalized spacial score (nSPS) is 19.2. The van der Waals surface area contributed by atoms with Gasteiger partial charge >= 0.3 is 5.97 Å². The highest BCUT2D eigenvalue weighted by Gasteiger charge is 2.63. The molecule has 8 heteroatoms. The molecule has 2 aliphatic rings. The van der Waals surface area contributed by atoms with E-state index in [0.717, 1.165) is 9.87 Å². The van der Waals surface area contributed by atoms with Crippen LogP contribution in [0.25, 0.3) is 5.70 Å². The van der Waals surface area contributed by atoms with E-state index in [1.165, 1.54) is 17.0 Å². The Bertz CT molecular complexity index is 1500. The van der Waals surface area contributed by atoms with Crippen molar-refractivity contribution < 1.29 is 22.7 Å². The van der Waals surface area contributed by atoms with Crippen LogP contribution in [0.2, 0.25) is 0 Å². The Kier molecular flexibility index (Phi) is 5.71. The minimum absolute atomic E-state index is 0.0332. The van der Waals surface area contributed by atoms with Crippen molar-refractivity contribution in [1.29, 1.82) is 0 Å². The summed E-state index contributed by atoms with van der Waals surface area (Å²) in [5.41, 5.74) is 1.18. The minimum atomic E-state index is -4.30. The largest absolute Gasteiger partial charge is 0.463 e. The van der Waals surface area contributed by atoms with Crippen molar-refractivity contribution in [3.63, 3.8) is 0 Å². The Balaban J connectivity index is 1.87. The molecule has 0 radical (unpaired) electrons. The van der Waals surface area contributed by atoms with Crippen molar-refractivity contribution in [2.75, 3.05) is 18.6 Å². The topological polar surface area (TPSA) is 84.0 Å². The highest BCUT2D eigenvalue weighted by atomic mass is 32.2. The molecule has 36 heavy (non-hydrogen) atoms. The first-order chi connectivity index (χ1) is 17.2. The highest BCUT2D eigenvalue weighted by Crippen LogP contribution is 2.57. The van der Waals surface area contributed by atoms with Gasteiger partial charge in [0.1, 0.15) is 0 Å². The van der Waals surface area contributed by atoms with Crippen LogP contribution in [0.4, 0.5) is 5.69 Å². The summed E-state index contributed by atoms with van der Waals surface area (Å²) < 4.78 is 35.4. The van der Waals surface area contributed by atoms with Gasteiger partial charge in [0, 0.05) is 24.7 Å². The lowest BCUT2D eigenvalue weighted by Gasteiger charge is -2.36. The predicted molar refractivity (Wildman–Crippen MR) is 136 cm³/mol. The number of fused-ring (bicyclic) bond motifs is 2. The van der Waals surface area contributed by atoms with E-state index in [-0.39, 0.29) is 29.2 Å². The van der Waals surface area contributed by atoms with Gasteiger partial charge < -0.3 is 9.64 Å². The van der Waals surface area contributed by atoms with Crippen molar-refractivity contribution in [3.8, 4) is 0 Å². The molecule has 0 saturated heterocycles. The molecule has 2 heterocycles. The van der Waals surface area contributed by atoms with E-state index < -0.39 is 27.4 Å². The molecule has 0 aliphatic carbocycles. The first-order valence-electron chi connectivity index (χ1n) is 11.7. The Morgan fingerprint density at radius 3 is 2.28 bits per heavy atom. The number of benzene rings is 3. The van der Waals surface area contributed by atoms with E-state index in [0.29, 0.717) is 16.8 Å². The maximum Gasteiger partial charge on any atom is 0.336 e. The Morgan fingerprint density at radius 2 is 1.61 bits per heavy atom. The van der Waals surface area contributed by atoms with Crippen LogP contribution in [0.15, 0.2) is 89.3 Å². The van der Waals surface area contributed by atoms with Gasteiger partial charge in [-0.1, -0.05) is 66.2 Å². The number of sulfonamides is 1. The molecule has 0 fully saturated rings. The van der Waals surface area contributed by atoms with E-state index in [1.54, 1.807) is 80.7 Å². The number of para-hydroxylation sites is 1. The van der Waals surface area contributed by atoms with E-state index >= 15 is 0 Å². The molecule has 3 aromatic carbocycles. The van der Waals surface area contributed by atoms with Gasteiger partial charge in [0.2, 0.25) is 0 Å². The van der Waals surface area contributed by atoms with Gasteiger partial charge in [-0.15, -0.1) is 0 Å². The summed E-state index contributed by atoms with van der Waals surface area (Å²) in [5.74, 6) is -1.07. The first-order valence-corrected chi connectivity index (χ1v) is 13.1. The molecule has 1 amide bonds. The number of likely N-dealkylation sites (N-methyl/N-ethyl adjacent to an activating group) is 1. The monoisotopic (exact) mass is 502 g/mol. The zero-order valence-corrected chi connectivity index (χ0v) is 21.1. The van der Waals surface area contributed by atoms with Gasteiger partial charge in [0.25, 0.3) is 15.9 Å². The highest BCUT2D eigenvalue weighted by molar-refractivity contribution is 7.89. The minimum Gasteiger partial charge on any atom is -0.463 e. The number of hydrogen-bond acceptors (Lipinski definition) is 5. The second-order valence-corrected chi connectivity index (χ2v) is 10.7. The molecular formula is C28H26N2O5S. The van der Waals surface area contributed by atoms with E-state index in [9.17, 15) is 18.0 Å². The molecule has 2 aliphatic heterocycles. The van der Waals surface area contributed by atoms with Crippen LogP contribution >= 0.6 is 0 Å². The van der Waals surface area contributed by atoms with Crippen LogP contribution in [0.1, 0.15) is 30.0 Å². The van der Waals surface area contributed by atoms with Crippen LogP contribution < -0.4 is 4.90 Å². The number of esters is 1. The third-order valence-corrected chi connectivity index (χ3v) is 8.61. The Labute approximate surface area is 210 Å². The van der Waals surface area contributed by atoms with Crippen molar-refractivity contribution in [3.05, 3.63) is 101 Å². The molecule has 0 aromatic heterocycles. The number of anilines is 1. The number of rotatable bonds is 5. The summed E-state index contributed by atoms with van der Waals surface area (Å²) in [7, 11) is -2.68. The van der Waals surface area contributed by atoms with Crippen molar-refractivity contribution in [1.82, 2.24) is 4.31 Å². The fraction of sp³-hybridized carbons (Fsp3) is 0.214. The molecule has 0 N–H and O–H groups in total. The summed E-state index contributed by atoms with van der Waals surface area (Å²) in [5, 5.41) is 0. The lowest BCUT2D eigenvalue weighted by molar-refractivity contribution is -0.138. The van der Waals surface area contributed by atoms with Crippen molar-refractivity contribution in [2.24, 2.45) is 0 Å². The van der Waals surface area contributed by atoms with Gasteiger partial charge in [0.15, 0.2) is 5.54 Å². The van der Waals surface area contributed by atoms with E-state index in [4.69, 9.17) is 4.74 Å². The lowest BCUT2D eigenvalue weighted by Crippen LogP contribution is -2.51. The number of carbonyl (C=O) groups is 2. The van der Waals surface area contributed by atoms with Crippen LogP contribution in [0, 0.1) is 6.92 Å². The second-order valence-electron chi connectivity index (χ2n) is 8.91. The van der Waals surface area contributed by atoms with E-state index in [1.807, 2.05) is 6.92 Å². The van der Waals surface area contributed by atoms with Gasteiger partial charge in [0.05, 0.1) is 22.8 Å². The Morgan fingerprint density at radius 1 is 0.972 bits per heavy atom. The molecule has 1 atom stereocenters. The SMILES string of the molecule is CCOC(=O)C1=C(c2ccccc2)N(S(=O)(=O)c2ccc(C)cc2)C2(C1)C(=O)N(C)c1ccccc12. The van der Waals surface area contributed by atoms with Crippen molar-refractivity contribution >= 4 is 33.3 Å². The lowest BCUT2D eigenvalue weighted by atomic mass is 9.87. The van der Waals surface area contributed by atoms with Gasteiger partial charge in [-0.25, -0.2) is 17.5 Å². The standard InChI is InChI=1S/C28H26N2O5S/c1-4-35-26(31)22-18-28(23-12-8-9-13-24(23)29(3)27(28)32)30(25(22)20-10-6-5-7-11-20)36(33,34)21-16-14-19(2)15-17-21/h5-17H,4,18H2,1-3H3. The maximum absolute atomic E-state index is 14.4. The predicted octanol–water partition coefficient (Wildman–Crippen LogP) is 4.24. The number of ether oxygens (including phenoxy) is 1. The molecule has 1 unspecified atom stereocenters. The van der Waals surface area contributed by atoms with Gasteiger partial charge in [-0.2, -0.15) is 0 Å². The van der Waals surface area contributed by atoms with Crippen LogP contribution in [0.5, 0.6) is 0 Å². The number of carbonyl (C=O) groups excluding carboxylic acids is 2. The zero-order chi connectivity index (χ0) is 25.7. The third kappa shape index (κ3) is 3.36. The summed E-state index contributed by atoms with van der Waals surface area (Å²) in [6.07, 6.45) is -0.138. The molecule has 0 bridgehead atoms. The molecule has 7 nitrogen and oxygen atoms in total. The third-order valence-electron chi connectivity index (χ3n) is 6.77. The number of nitrogens with zero attached hydrogens (tertiary/aromatic N) is 2. The van der Waals surface area contributed by atoms with E-state index in [2.05, 4.69) is 0 Å². The molecule has 5 rings (SSSR count). The maximum atomic E-state index is 14.4. The van der Waals surface area contributed by atoms with Crippen LogP contribution in [-0.4, -0.2) is 38.3 Å². The average molecular weight is 503 g/mol. The average Bonchev–Trinajstić information content (AvgIpc) is 3.36. The number of aryl methyl sites for hydroxylation is 1. The van der Waals surface area contributed by atoms with Gasteiger partial charge in [-0.05, 0) is 37.6 Å². The molecule has 3 aromatic rings. The molecule has 184 valence electrons. The zero-order valence-electron chi connectivity index (χ0n) is 20.3. The fourth-order valence-corrected chi connectivity index (χ4v) is 6.92. The van der Waals surface area contributed by atoms with Crippen LogP contribution in [-0.2, 0) is 29.9 Å². The summed E-state index contributed by atoms with van der Waals surface area (Å²) >= 11 is 0. The smallest absolute Gasteiger partial charge is 0.336 e. The number of hydrogen-bond donors (Lipinski definition) is 0. The van der Waals surface area contributed by atoms with Crippen LogP contribution in [0.3, 0.4) is 0 Å². The fourth-order valence-electron chi connectivity index (χ4n) is 5.13. The van der Waals surface area contributed by atoms with Gasteiger partial charge in [-0.3, -0.25) is 4.79 Å². The summed E-state index contributed by atoms with van der Waals surface area (Å²) in [6.45, 7) is 3.68.